The van der Waals surface area contributed by atoms with Crippen molar-refractivity contribution in [1.82, 2.24) is 0 Å². The molecule has 1 fully saturated rings. The molecule has 3 aliphatic rings. The van der Waals surface area contributed by atoms with Gasteiger partial charge in [0.1, 0.15) is 11.5 Å². The van der Waals surface area contributed by atoms with Crippen molar-refractivity contribution in [1.29, 1.82) is 0 Å². The minimum Gasteiger partial charge on any atom is -0.352 e. The molecule has 4 atom stereocenters. The molecule has 1 amide bonds. The van der Waals surface area contributed by atoms with Crippen LogP contribution in [0.1, 0.15) is 55.5 Å². The van der Waals surface area contributed by atoms with Gasteiger partial charge in [-0.3, -0.25) is 14.4 Å². The quantitative estimate of drug-likeness (QED) is 0.281. The third-order valence-electron chi connectivity index (χ3n) is 9.36. The Balaban J connectivity index is 1.55. The predicted octanol–water partition coefficient (Wildman–Crippen LogP) is 6.86. The first-order valence-electron chi connectivity index (χ1n) is 14.4. The van der Waals surface area contributed by atoms with E-state index in [1.54, 1.807) is 0 Å². The zero-order chi connectivity index (χ0) is 29.3. The Labute approximate surface area is 245 Å². The van der Waals surface area contributed by atoms with Crippen molar-refractivity contribution in [2.24, 2.45) is 5.92 Å². The van der Waals surface area contributed by atoms with Crippen LogP contribution in [0.25, 0.3) is 5.57 Å². The minimum atomic E-state index is -1.31. The van der Waals surface area contributed by atoms with E-state index < -0.39 is 23.4 Å². The maximum Gasteiger partial charge on any atom is 0.238 e. The largest absolute Gasteiger partial charge is 0.352 e. The molecule has 4 aromatic rings. The van der Waals surface area contributed by atoms with Gasteiger partial charge in [0.25, 0.3) is 0 Å². The topological polar surface area (TPSA) is 66.5 Å². The third-order valence-corrected chi connectivity index (χ3v) is 9.36. The van der Waals surface area contributed by atoms with Crippen molar-refractivity contribution in [3.8, 4) is 0 Å². The Morgan fingerprint density at radius 2 is 1.33 bits per heavy atom. The van der Waals surface area contributed by atoms with Crippen LogP contribution < -0.4 is 10.2 Å². The van der Waals surface area contributed by atoms with Crippen LogP contribution in [0.3, 0.4) is 0 Å². The van der Waals surface area contributed by atoms with Crippen LogP contribution in [-0.4, -0.2) is 29.6 Å². The van der Waals surface area contributed by atoms with E-state index in [0.717, 1.165) is 39.1 Å². The van der Waals surface area contributed by atoms with Crippen molar-refractivity contribution in [2.45, 2.75) is 45.2 Å². The zero-order valence-electron chi connectivity index (χ0n) is 24.1. The summed E-state index contributed by atoms with van der Waals surface area (Å²) in [5.41, 5.74) is 7.23. The lowest BCUT2D eigenvalue weighted by Gasteiger charge is -2.39. The number of anilines is 2. The number of carbonyl (C=O) groups is 3. The average molecular weight is 553 g/mol. The Morgan fingerprint density at radius 1 is 0.738 bits per heavy atom. The molecule has 0 radical (unpaired) electrons. The molecule has 0 unspecified atom stereocenters. The van der Waals surface area contributed by atoms with Crippen molar-refractivity contribution in [3.05, 3.63) is 136 Å². The summed E-state index contributed by atoms with van der Waals surface area (Å²) in [7, 11) is 0. The van der Waals surface area contributed by atoms with Crippen molar-refractivity contribution in [3.63, 3.8) is 0 Å². The van der Waals surface area contributed by atoms with Crippen LogP contribution >= 0.6 is 0 Å². The molecular formula is C37H32N2O3. The van der Waals surface area contributed by atoms with Crippen LogP contribution in [0.2, 0.25) is 0 Å². The van der Waals surface area contributed by atoms with Crippen LogP contribution in [0.15, 0.2) is 97.1 Å². The van der Waals surface area contributed by atoms with Gasteiger partial charge in [-0.15, -0.1) is 0 Å². The van der Waals surface area contributed by atoms with E-state index in [9.17, 15) is 14.4 Å². The molecule has 0 aromatic heterocycles. The first kappa shape index (κ1) is 26.1. The SMILES string of the molecule is CC1=C[C@H]2N(c3ccc(C)cc31)[C@@H](C(=O)c1ccc(C)cc1)[C@@H](C(=O)c1ccc(C)cc1)[C@@]21C(=O)Nc2ccccc21. The highest BCUT2D eigenvalue weighted by atomic mass is 16.2. The molecule has 0 aliphatic carbocycles. The molecule has 5 heteroatoms. The number of aryl methyl sites for hydroxylation is 3. The highest BCUT2D eigenvalue weighted by Crippen LogP contribution is 2.58. The van der Waals surface area contributed by atoms with E-state index in [2.05, 4.69) is 22.4 Å². The Hall–Kier alpha value is -4.77. The van der Waals surface area contributed by atoms with E-state index in [-0.39, 0.29) is 17.5 Å². The number of Topliss-reactive ketones (excluding diaryl/α,β-unsaturated/α-hetero) is 2. The molecule has 1 N–H and O–H groups in total. The summed E-state index contributed by atoms with van der Waals surface area (Å²) in [6.07, 6.45) is 2.10. The van der Waals surface area contributed by atoms with Gasteiger partial charge in [-0.2, -0.15) is 0 Å². The maximum atomic E-state index is 14.9. The second-order valence-electron chi connectivity index (χ2n) is 12.0. The molecular weight excluding hydrogens is 520 g/mol. The van der Waals surface area contributed by atoms with Gasteiger partial charge in [0.2, 0.25) is 5.91 Å². The number of hydrogen-bond donors (Lipinski definition) is 1. The maximum absolute atomic E-state index is 14.9. The fraction of sp³-hybridized carbons (Fsp3) is 0.216. The fourth-order valence-corrected chi connectivity index (χ4v) is 7.33. The molecule has 3 aliphatic heterocycles. The number of carbonyl (C=O) groups excluding carboxylic acids is 3. The Bertz CT molecular complexity index is 1820. The first-order valence-corrected chi connectivity index (χ1v) is 14.4. The number of amides is 1. The number of rotatable bonds is 4. The molecule has 4 aromatic carbocycles. The lowest BCUT2D eigenvalue weighted by Crippen LogP contribution is -2.51. The van der Waals surface area contributed by atoms with E-state index >= 15 is 0 Å². The number of para-hydroxylation sites is 1. The summed E-state index contributed by atoms with van der Waals surface area (Å²) in [4.78, 5) is 46.2. The number of fused-ring (bicyclic) bond motifs is 6. The molecule has 0 bridgehead atoms. The highest BCUT2D eigenvalue weighted by Gasteiger charge is 2.70. The number of ketones is 2. The van der Waals surface area contributed by atoms with Gasteiger partial charge in [0.05, 0.1) is 12.0 Å². The van der Waals surface area contributed by atoms with Crippen LogP contribution in [-0.2, 0) is 10.2 Å². The van der Waals surface area contributed by atoms with Gasteiger partial charge in [-0.1, -0.05) is 95.6 Å². The van der Waals surface area contributed by atoms with Crippen molar-refractivity contribution in [2.75, 3.05) is 10.2 Å². The normalized spacial score (nSPS) is 23.6. The molecule has 5 nitrogen and oxygen atoms in total. The smallest absolute Gasteiger partial charge is 0.238 e. The molecule has 42 heavy (non-hydrogen) atoms. The second-order valence-corrected chi connectivity index (χ2v) is 12.0. The molecule has 0 saturated carbocycles. The molecule has 208 valence electrons. The molecule has 1 saturated heterocycles. The number of hydrogen-bond acceptors (Lipinski definition) is 4. The van der Waals surface area contributed by atoms with Gasteiger partial charge in [-0.25, -0.2) is 0 Å². The van der Waals surface area contributed by atoms with Gasteiger partial charge < -0.3 is 10.2 Å². The van der Waals surface area contributed by atoms with Gasteiger partial charge >= 0.3 is 0 Å². The Morgan fingerprint density at radius 3 is 2.00 bits per heavy atom. The monoisotopic (exact) mass is 552 g/mol. The number of allylic oxidation sites excluding steroid dienone is 1. The van der Waals surface area contributed by atoms with Gasteiger partial charge in [0.15, 0.2) is 11.6 Å². The van der Waals surface area contributed by atoms with E-state index in [1.165, 1.54) is 0 Å². The van der Waals surface area contributed by atoms with Crippen molar-refractivity contribution < 1.29 is 14.4 Å². The summed E-state index contributed by atoms with van der Waals surface area (Å²) in [5.74, 6) is -1.60. The fourth-order valence-electron chi connectivity index (χ4n) is 7.33. The lowest BCUT2D eigenvalue weighted by atomic mass is 9.64. The number of nitrogens with one attached hydrogen (secondary N) is 1. The predicted molar refractivity (Wildman–Crippen MR) is 166 cm³/mol. The molecule has 1 spiro atoms. The van der Waals surface area contributed by atoms with Crippen molar-refractivity contribution >= 4 is 34.4 Å². The minimum absolute atomic E-state index is 0.168. The highest BCUT2D eigenvalue weighted by molar-refractivity contribution is 6.18. The third kappa shape index (κ3) is 3.59. The average Bonchev–Trinajstić information content (AvgIpc) is 3.45. The van der Waals surface area contributed by atoms with Gasteiger partial charge in [-0.05, 0) is 57.0 Å². The second kappa shape index (κ2) is 9.38. The van der Waals surface area contributed by atoms with E-state index in [1.807, 2.05) is 113 Å². The van der Waals surface area contributed by atoms with Crippen LogP contribution in [0.4, 0.5) is 11.4 Å². The summed E-state index contributed by atoms with van der Waals surface area (Å²) < 4.78 is 0. The molecule has 7 rings (SSSR count). The number of nitrogens with zero attached hydrogens (tertiary/aromatic N) is 1. The summed E-state index contributed by atoms with van der Waals surface area (Å²) in [6.45, 7) is 8.05. The molecule has 3 heterocycles. The Kier molecular flexibility index (Phi) is 5.84. The zero-order valence-corrected chi connectivity index (χ0v) is 24.1. The van der Waals surface area contributed by atoms with E-state index in [0.29, 0.717) is 16.8 Å². The van der Waals surface area contributed by atoms with E-state index in [4.69, 9.17) is 0 Å². The van der Waals surface area contributed by atoms with Crippen LogP contribution in [0.5, 0.6) is 0 Å². The summed E-state index contributed by atoms with van der Waals surface area (Å²) >= 11 is 0. The first-order chi connectivity index (χ1) is 20.2. The summed E-state index contributed by atoms with van der Waals surface area (Å²) in [6, 6.07) is 27.3. The summed E-state index contributed by atoms with van der Waals surface area (Å²) in [5, 5.41) is 3.10. The standard InChI is InChI=1S/C37H32N2O3/c1-21-9-14-25(15-10-21)34(40)32-33(35(41)26-16-11-22(2)12-17-26)39-30-18-13-23(3)19-27(30)24(4)20-31(39)37(32)28-7-5-6-8-29(28)38-36(37)42/h5-20,31-33H,1-4H3,(H,38,42)/t31-,32+,33-,37+/m1/s1. The number of benzene rings is 4. The van der Waals surface area contributed by atoms with Crippen LogP contribution in [0, 0.1) is 26.7 Å². The lowest BCUT2D eigenvalue weighted by molar-refractivity contribution is -0.121. The van der Waals surface area contributed by atoms with Gasteiger partial charge in [0, 0.05) is 28.1 Å².